The van der Waals surface area contributed by atoms with E-state index >= 15 is 0 Å². The number of anilines is 2. The number of fused-ring (bicyclic) bond motifs is 2. The van der Waals surface area contributed by atoms with Crippen LogP contribution in [0.1, 0.15) is 15.9 Å². The number of para-hydroxylation sites is 2. The van der Waals surface area contributed by atoms with Crippen LogP contribution in [0.15, 0.2) is 78.2 Å². The number of pyridine rings is 1. The van der Waals surface area contributed by atoms with Gasteiger partial charge in [-0.1, -0.05) is 23.7 Å². The maximum Gasteiger partial charge on any atom is 0.261 e. The molecule has 0 radical (unpaired) electrons. The van der Waals surface area contributed by atoms with Crippen LogP contribution in [0, 0.1) is 0 Å². The fraction of sp³-hybridized carbons (Fsp3) is 0. The van der Waals surface area contributed by atoms with Gasteiger partial charge in [-0.3, -0.25) is 9.78 Å². The van der Waals surface area contributed by atoms with Crippen LogP contribution in [0.3, 0.4) is 0 Å². The molecule has 5 aromatic rings. The zero-order chi connectivity index (χ0) is 22.1. The van der Waals surface area contributed by atoms with Crippen LogP contribution in [0.4, 0.5) is 11.5 Å². The average Bonchev–Trinajstić information content (AvgIpc) is 3.08. The standard InChI is InChI=1S/C23H16ClN7O/c24-15-5-7-16(8-6-15)28-23(32)19-20-22(30-18-4-2-1-3-17(18)29-20)31(21(19)25)27-13-14-9-11-26-12-10-14/h1-13H,25H2,(H,28,32)/b27-13+. The van der Waals surface area contributed by atoms with Crippen molar-refractivity contribution in [2.75, 3.05) is 11.1 Å². The smallest absolute Gasteiger partial charge is 0.261 e. The predicted octanol–water partition coefficient (Wildman–Crippen LogP) is 4.35. The van der Waals surface area contributed by atoms with E-state index in [-0.39, 0.29) is 11.4 Å². The van der Waals surface area contributed by atoms with Crippen LogP contribution < -0.4 is 11.1 Å². The van der Waals surface area contributed by atoms with Crippen molar-refractivity contribution in [1.29, 1.82) is 0 Å². The van der Waals surface area contributed by atoms with Crippen molar-refractivity contribution < 1.29 is 4.79 Å². The Balaban J connectivity index is 1.66. The van der Waals surface area contributed by atoms with E-state index in [1.807, 2.05) is 24.3 Å². The molecule has 0 spiro atoms. The summed E-state index contributed by atoms with van der Waals surface area (Å²) >= 11 is 5.94. The molecule has 0 unspecified atom stereocenters. The summed E-state index contributed by atoms with van der Waals surface area (Å²) in [6, 6.07) is 17.8. The third-order valence-corrected chi connectivity index (χ3v) is 5.08. The van der Waals surface area contributed by atoms with Crippen LogP contribution in [0.2, 0.25) is 5.02 Å². The second kappa shape index (κ2) is 8.09. The molecule has 0 aliphatic heterocycles. The minimum absolute atomic E-state index is 0.132. The second-order valence-electron chi connectivity index (χ2n) is 6.94. The van der Waals surface area contributed by atoms with Gasteiger partial charge in [0.1, 0.15) is 16.9 Å². The van der Waals surface area contributed by atoms with E-state index in [0.29, 0.717) is 32.9 Å². The maximum absolute atomic E-state index is 13.2. The number of hydrogen-bond acceptors (Lipinski definition) is 6. The minimum atomic E-state index is -0.419. The van der Waals surface area contributed by atoms with Crippen molar-refractivity contribution in [3.63, 3.8) is 0 Å². The molecule has 0 saturated heterocycles. The second-order valence-corrected chi connectivity index (χ2v) is 7.38. The summed E-state index contributed by atoms with van der Waals surface area (Å²) in [6.45, 7) is 0. The van der Waals surface area contributed by atoms with Crippen LogP contribution in [0.25, 0.3) is 22.2 Å². The molecule has 9 heteroatoms. The Bertz CT molecular complexity index is 1480. The fourth-order valence-corrected chi connectivity index (χ4v) is 3.41. The van der Waals surface area contributed by atoms with E-state index in [2.05, 4.69) is 25.4 Å². The number of nitrogens with one attached hydrogen (secondary N) is 1. The molecule has 0 atom stereocenters. The first-order valence-electron chi connectivity index (χ1n) is 9.68. The van der Waals surface area contributed by atoms with Crippen LogP contribution in [0.5, 0.6) is 0 Å². The lowest BCUT2D eigenvalue weighted by Crippen LogP contribution is -2.14. The Hall–Kier alpha value is -4.30. The van der Waals surface area contributed by atoms with Gasteiger partial charge in [-0.25, -0.2) is 9.97 Å². The third-order valence-electron chi connectivity index (χ3n) is 4.83. The van der Waals surface area contributed by atoms with Gasteiger partial charge in [0.2, 0.25) is 0 Å². The van der Waals surface area contributed by atoms with Crippen molar-refractivity contribution in [1.82, 2.24) is 19.6 Å². The van der Waals surface area contributed by atoms with Crippen LogP contribution in [-0.2, 0) is 0 Å². The molecule has 5 rings (SSSR count). The summed E-state index contributed by atoms with van der Waals surface area (Å²) in [5.41, 5.74) is 10.1. The number of carbonyl (C=O) groups excluding carboxylic acids is 1. The van der Waals surface area contributed by atoms with Crippen molar-refractivity contribution in [3.05, 3.63) is 89.2 Å². The summed E-state index contributed by atoms with van der Waals surface area (Å²) in [5.74, 6) is -0.288. The molecule has 2 aromatic carbocycles. The van der Waals surface area contributed by atoms with Gasteiger partial charge < -0.3 is 11.1 Å². The highest BCUT2D eigenvalue weighted by Crippen LogP contribution is 2.28. The summed E-state index contributed by atoms with van der Waals surface area (Å²) in [6.07, 6.45) is 4.95. The van der Waals surface area contributed by atoms with E-state index in [1.165, 1.54) is 4.68 Å². The Kier molecular flexibility index (Phi) is 4.97. The zero-order valence-corrected chi connectivity index (χ0v) is 17.4. The zero-order valence-electron chi connectivity index (χ0n) is 16.6. The van der Waals surface area contributed by atoms with Gasteiger partial charge in [-0.05, 0) is 54.1 Å². The van der Waals surface area contributed by atoms with Gasteiger partial charge in [0.15, 0.2) is 5.65 Å². The van der Waals surface area contributed by atoms with Crippen LogP contribution in [-0.4, -0.2) is 31.7 Å². The molecule has 0 aliphatic rings. The molecule has 156 valence electrons. The first-order chi connectivity index (χ1) is 15.6. The molecule has 0 bridgehead atoms. The third kappa shape index (κ3) is 3.63. The fourth-order valence-electron chi connectivity index (χ4n) is 3.29. The molecular formula is C23H16ClN7O. The SMILES string of the molecule is Nc1c(C(=O)Nc2ccc(Cl)cc2)c2nc3ccccc3nc2n1/N=C/c1ccncc1. The number of nitrogens with zero attached hydrogens (tertiary/aromatic N) is 5. The topological polar surface area (TPSA) is 111 Å². The lowest BCUT2D eigenvalue weighted by molar-refractivity contribution is 0.102. The number of hydrogen-bond donors (Lipinski definition) is 2. The highest BCUT2D eigenvalue weighted by molar-refractivity contribution is 6.30. The number of nitrogens with two attached hydrogens (primary N) is 1. The molecule has 1 amide bonds. The van der Waals surface area contributed by atoms with Gasteiger partial charge in [0.05, 0.1) is 17.2 Å². The monoisotopic (exact) mass is 441 g/mol. The minimum Gasteiger partial charge on any atom is -0.383 e. The van der Waals surface area contributed by atoms with Crippen molar-refractivity contribution in [3.8, 4) is 0 Å². The van der Waals surface area contributed by atoms with E-state index in [0.717, 1.165) is 5.56 Å². The predicted molar refractivity (Wildman–Crippen MR) is 126 cm³/mol. The Labute approximate surface area is 187 Å². The largest absolute Gasteiger partial charge is 0.383 e. The van der Waals surface area contributed by atoms with Gasteiger partial charge in [0, 0.05) is 23.1 Å². The highest BCUT2D eigenvalue weighted by Gasteiger charge is 2.24. The lowest BCUT2D eigenvalue weighted by Gasteiger charge is -2.05. The first-order valence-corrected chi connectivity index (χ1v) is 10.1. The van der Waals surface area contributed by atoms with Gasteiger partial charge >= 0.3 is 0 Å². The van der Waals surface area contributed by atoms with Crippen LogP contribution >= 0.6 is 11.6 Å². The number of carbonyl (C=O) groups is 1. The molecule has 3 aromatic heterocycles. The number of nitrogen functional groups attached to an aromatic ring is 1. The van der Waals surface area contributed by atoms with Crippen molar-refractivity contribution in [2.45, 2.75) is 0 Å². The molecular weight excluding hydrogens is 426 g/mol. The molecule has 32 heavy (non-hydrogen) atoms. The number of amides is 1. The Morgan fingerprint density at radius 1 is 1.00 bits per heavy atom. The van der Waals surface area contributed by atoms with Crippen molar-refractivity contribution >= 4 is 57.4 Å². The molecule has 3 N–H and O–H groups in total. The van der Waals surface area contributed by atoms with E-state index in [4.69, 9.17) is 17.3 Å². The summed E-state index contributed by atoms with van der Waals surface area (Å²) in [7, 11) is 0. The number of aromatic nitrogens is 4. The number of rotatable bonds is 4. The summed E-state index contributed by atoms with van der Waals surface area (Å²) in [4.78, 5) is 26.5. The Morgan fingerprint density at radius 3 is 2.41 bits per heavy atom. The van der Waals surface area contributed by atoms with Gasteiger partial charge in [0.25, 0.3) is 5.91 Å². The maximum atomic E-state index is 13.2. The molecule has 8 nitrogen and oxygen atoms in total. The van der Waals surface area contributed by atoms with E-state index < -0.39 is 5.91 Å². The van der Waals surface area contributed by atoms with Crippen molar-refractivity contribution in [2.24, 2.45) is 5.10 Å². The number of halogens is 1. The van der Waals surface area contributed by atoms with Gasteiger partial charge in [-0.2, -0.15) is 9.78 Å². The average molecular weight is 442 g/mol. The normalized spacial score (nSPS) is 11.4. The van der Waals surface area contributed by atoms with E-state index in [1.54, 1.807) is 55.0 Å². The molecule has 0 fully saturated rings. The molecule has 3 heterocycles. The molecule has 0 aliphatic carbocycles. The highest BCUT2D eigenvalue weighted by atomic mass is 35.5. The first kappa shape index (κ1) is 19.7. The van der Waals surface area contributed by atoms with Gasteiger partial charge in [-0.15, -0.1) is 0 Å². The summed E-state index contributed by atoms with van der Waals surface area (Å²) < 4.78 is 1.42. The van der Waals surface area contributed by atoms with E-state index in [9.17, 15) is 4.79 Å². The lowest BCUT2D eigenvalue weighted by atomic mass is 10.2. The Morgan fingerprint density at radius 2 is 1.69 bits per heavy atom. The molecule has 0 saturated carbocycles. The quantitative estimate of drug-likeness (QED) is 0.403. The summed E-state index contributed by atoms with van der Waals surface area (Å²) in [5, 5.41) is 7.88. The number of benzene rings is 2.